The van der Waals surface area contributed by atoms with Crippen molar-refractivity contribution in [1.82, 2.24) is 20.4 Å². The molecule has 0 saturated heterocycles. The number of nitrogens with zero attached hydrogens (tertiary/aromatic N) is 2. The third-order valence-corrected chi connectivity index (χ3v) is 4.74. The van der Waals surface area contributed by atoms with Crippen molar-refractivity contribution >= 4 is 29.7 Å². The predicted octanol–water partition coefficient (Wildman–Crippen LogP) is 2.26. The molecule has 0 radical (unpaired) electrons. The number of carbonyl (C=O) groups is 1. The third-order valence-electron chi connectivity index (χ3n) is 3.50. The third kappa shape index (κ3) is 4.32. The molecular weight excluding hydrogens is 320 g/mol. The van der Waals surface area contributed by atoms with Crippen LogP contribution in [0.25, 0.3) is 0 Å². The molecule has 2 aromatic heterocycles. The van der Waals surface area contributed by atoms with E-state index in [-0.39, 0.29) is 29.8 Å². The van der Waals surface area contributed by atoms with Gasteiger partial charge in [-0.15, -0.1) is 23.7 Å². The molecule has 5 nitrogen and oxygen atoms in total. The predicted molar refractivity (Wildman–Crippen MR) is 92.6 cm³/mol. The first-order valence-electron chi connectivity index (χ1n) is 6.91. The summed E-state index contributed by atoms with van der Waals surface area (Å²) in [7, 11) is 3.62. The quantitative estimate of drug-likeness (QED) is 0.846. The zero-order valence-electron chi connectivity index (χ0n) is 13.3. The highest BCUT2D eigenvalue weighted by Crippen LogP contribution is 2.26. The zero-order valence-corrected chi connectivity index (χ0v) is 14.9. The summed E-state index contributed by atoms with van der Waals surface area (Å²) in [6.07, 6.45) is 3.57. The first-order valence-corrected chi connectivity index (χ1v) is 7.79. The van der Waals surface area contributed by atoms with Gasteiger partial charge in [-0.3, -0.25) is 9.48 Å². The maximum absolute atomic E-state index is 12.4. The second kappa shape index (κ2) is 7.76. The van der Waals surface area contributed by atoms with Crippen LogP contribution >= 0.6 is 23.7 Å². The van der Waals surface area contributed by atoms with Gasteiger partial charge in [0.1, 0.15) is 6.04 Å². The lowest BCUT2D eigenvalue weighted by atomic mass is 9.91. The summed E-state index contributed by atoms with van der Waals surface area (Å²) in [5.41, 5.74) is 0.795. The Hall–Kier alpha value is -1.37. The van der Waals surface area contributed by atoms with Crippen LogP contribution in [0.5, 0.6) is 0 Å². The lowest BCUT2D eigenvalue weighted by molar-refractivity contribution is -0.123. The van der Waals surface area contributed by atoms with Crippen LogP contribution in [-0.2, 0) is 17.3 Å². The van der Waals surface area contributed by atoms with Gasteiger partial charge in [0.15, 0.2) is 0 Å². The fraction of sp³-hybridized carbons (Fsp3) is 0.467. The molecule has 1 atom stereocenters. The van der Waals surface area contributed by atoms with Gasteiger partial charge in [-0.25, -0.2) is 0 Å². The van der Waals surface area contributed by atoms with Gasteiger partial charge < -0.3 is 10.6 Å². The number of carbonyl (C=O) groups excluding carboxylic acids is 1. The number of halogens is 1. The molecule has 2 heterocycles. The van der Waals surface area contributed by atoms with Crippen LogP contribution in [0.15, 0.2) is 29.9 Å². The van der Waals surface area contributed by atoms with Crippen molar-refractivity contribution in [3.63, 3.8) is 0 Å². The van der Waals surface area contributed by atoms with Crippen molar-refractivity contribution in [2.24, 2.45) is 7.05 Å². The summed E-state index contributed by atoms with van der Waals surface area (Å²) < 4.78 is 1.70. The maximum atomic E-state index is 12.4. The molecule has 0 aliphatic heterocycles. The van der Waals surface area contributed by atoms with Crippen molar-refractivity contribution in [1.29, 1.82) is 0 Å². The van der Waals surface area contributed by atoms with Gasteiger partial charge >= 0.3 is 0 Å². The maximum Gasteiger partial charge on any atom is 0.241 e. The van der Waals surface area contributed by atoms with Crippen molar-refractivity contribution in [2.45, 2.75) is 25.3 Å². The topological polar surface area (TPSA) is 59.0 Å². The first-order chi connectivity index (χ1) is 9.94. The molecular formula is C15H23ClN4OS. The molecule has 0 saturated carbocycles. The second-order valence-electron chi connectivity index (χ2n) is 5.75. The zero-order chi connectivity index (χ0) is 15.5. The lowest BCUT2D eigenvalue weighted by Gasteiger charge is -2.25. The monoisotopic (exact) mass is 342 g/mol. The van der Waals surface area contributed by atoms with E-state index in [1.54, 1.807) is 29.3 Å². The molecule has 2 N–H and O–H groups in total. The number of thiophene rings is 1. The largest absolute Gasteiger partial charge is 0.354 e. The molecule has 122 valence electrons. The van der Waals surface area contributed by atoms with E-state index in [1.807, 2.05) is 19.3 Å². The van der Waals surface area contributed by atoms with E-state index >= 15 is 0 Å². The molecule has 0 bridgehead atoms. The summed E-state index contributed by atoms with van der Waals surface area (Å²) >= 11 is 1.72. The Bertz CT molecular complexity index is 594. The fourth-order valence-corrected chi connectivity index (χ4v) is 3.05. The molecule has 0 fully saturated rings. The fourth-order valence-electron chi connectivity index (χ4n) is 2.20. The van der Waals surface area contributed by atoms with Crippen molar-refractivity contribution < 1.29 is 4.79 Å². The van der Waals surface area contributed by atoms with Gasteiger partial charge in [0.25, 0.3) is 0 Å². The van der Waals surface area contributed by atoms with Gasteiger partial charge in [0.05, 0.1) is 6.20 Å². The van der Waals surface area contributed by atoms with E-state index in [2.05, 4.69) is 41.0 Å². The van der Waals surface area contributed by atoms with Crippen LogP contribution in [0.3, 0.4) is 0 Å². The number of hydrogen-bond donors (Lipinski definition) is 2. The number of rotatable bonds is 6. The SMILES string of the molecule is CNC(C(=O)NCC(C)(C)c1cccs1)c1cnn(C)c1.Cl. The van der Waals surface area contributed by atoms with Crippen LogP contribution in [0.4, 0.5) is 0 Å². The van der Waals surface area contributed by atoms with E-state index in [9.17, 15) is 4.79 Å². The van der Waals surface area contributed by atoms with Gasteiger partial charge in [0.2, 0.25) is 5.91 Å². The number of nitrogens with one attached hydrogen (secondary N) is 2. The summed E-state index contributed by atoms with van der Waals surface area (Å²) in [4.78, 5) is 13.7. The molecule has 0 aromatic carbocycles. The Morgan fingerprint density at radius 1 is 1.50 bits per heavy atom. The van der Waals surface area contributed by atoms with Crippen molar-refractivity contribution in [3.05, 3.63) is 40.3 Å². The summed E-state index contributed by atoms with van der Waals surface area (Å²) in [6, 6.07) is 3.76. The number of hydrogen-bond acceptors (Lipinski definition) is 4. The van der Waals surface area contributed by atoms with E-state index < -0.39 is 0 Å². The van der Waals surface area contributed by atoms with Gasteiger partial charge in [-0.1, -0.05) is 19.9 Å². The minimum atomic E-state index is -0.377. The van der Waals surface area contributed by atoms with Crippen molar-refractivity contribution in [2.75, 3.05) is 13.6 Å². The average Bonchev–Trinajstić information content (AvgIpc) is 3.09. The van der Waals surface area contributed by atoms with Gasteiger partial charge in [0, 0.05) is 35.6 Å². The average molecular weight is 343 g/mol. The Kier molecular flexibility index (Phi) is 6.59. The highest BCUT2D eigenvalue weighted by Gasteiger charge is 2.25. The van der Waals surface area contributed by atoms with Crippen LogP contribution in [-0.4, -0.2) is 29.3 Å². The minimum absolute atomic E-state index is 0. The molecule has 2 rings (SSSR count). The molecule has 7 heteroatoms. The lowest BCUT2D eigenvalue weighted by Crippen LogP contribution is -2.41. The van der Waals surface area contributed by atoms with E-state index in [1.165, 1.54) is 4.88 Å². The molecule has 0 aliphatic rings. The summed E-state index contributed by atoms with van der Waals surface area (Å²) in [5, 5.41) is 12.3. The standard InChI is InChI=1S/C15H22N4OS.ClH/c1-15(2,12-6-5-7-21-12)10-17-14(20)13(16-3)11-8-18-19(4)9-11;/h5-9,13,16H,10H2,1-4H3,(H,17,20);1H. The number of amides is 1. The number of aromatic nitrogens is 2. The van der Waals surface area contributed by atoms with E-state index in [0.29, 0.717) is 6.54 Å². The number of likely N-dealkylation sites (N-methyl/N-ethyl adjacent to an activating group) is 1. The van der Waals surface area contributed by atoms with E-state index in [0.717, 1.165) is 5.56 Å². The molecule has 22 heavy (non-hydrogen) atoms. The van der Waals surface area contributed by atoms with E-state index in [4.69, 9.17) is 0 Å². The summed E-state index contributed by atoms with van der Waals surface area (Å²) in [5.74, 6) is -0.0323. The Labute approximate surface area is 141 Å². The Balaban J connectivity index is 0.00000242. The smallest absolute Gasteiger partial charge is 0.241 e. The summed E-state index contributed by atoms with van der Waals surface area (Å²) in [6.45, 7) is 4.87. The van der Waals surface area contributed by atoms with Crippen LogP contribution in [0.1, 0.15) is 30.3 Å². The molecule has 0 aliphatic carbocycles. The second-order valence-corrected chi connectivity index (χ2v) is 6.70. The molecule has 2 aromatic rings. The molecule has 0 spiro atoms. The van der Waals surface area contributed by atoms with Crippen LogP contribution in [0.2, 0.25) is 0 Å². The molecule has 1 unspecified atom stereocenters. The van der Waals surface area contributed by atoms with Crippen LogP contribution < -0.4 is 10.6 Å². The Morgan fingerprint density at radius 3 is 2.73 bits per heavy atom. The van der Waals surface area contributed by atoms with Gasteiger partial charge in [-0.05, 0) is 18.5 Å². The Morgan fingerprint density at radius 2 is 2.23 bits per heavy atom. The first kappa shape index (κ1) is 18.7. The minimum Gasteiger partial charge on any atom is -0.354 e. The normalized spacial score (nSPS) is 12.5. The van der Waals surface area contributed by atoms with Crippen molar-refractivity contribution in [3.8, 4) is 0 Å². The highest BCUT2D eigenvalue weighted by atomic mass is 35.5. The van der Waals surface area contributed by atoms with Crippen LogP contribution in [0, 0.1) is 0 Å². The highest BCUT2D eigenvalue weighted by molar-refractivity contribution is 7.10. The number of aryl methyl sites for hydroxylation is 1. The molecule has 1 amide bonds. The van der Waals surface area contributed by atoms with Gasteiger partial charge in [-0.2, -0.15) is 5.10 Å².